The normalized spacial score (nSPS) is 10.8. The number of benzene rings is 2. The Bertz CT molecular complexity index is 718. The van der Waals surface area contributed by atoms with Gasteiger partial charge in [0, 0.05) is 17.7 Å². The Kier molecular flexibility index (Phi) is 4.90. The quantitative estimate of drug-likeness (QED) is 0.817. The van der Waals surface area contributed by atoms with Gasteiger partial charge in [-0.25, -0.2) is 0 Å². The van der Waals surface area contributed by atoms with Crippen molar-refractivity contribution in [2.24, 2.45) is 10.2 Å². The summed E-state index contributed by atoms with van der Waals surface area (Å²) in [4.78, 5) is 0. The van der Waals surface area contributed by atoms with Crippen molar-refractivity contribution in [1.29, 1.82) is 0 Å². The van der Waals surface area contributed by atoms with E-state index in [9.17, 15) is 10.2 Å². The van der Waals surface area contributed by atoms with E-state index in [1.165, 1.54) is 33.5 Å². The summed E-state index contributed by atoms with van der Waals surface area (Å²) < 4.78 is 15.7. The van der Waals surface area contributed by atoms with Gasteiger partial charge in [-0.3, -0.25) is 0 Å². The van der Waals surface area contributed by atoms with Gasteiger partial charge >= 0.3 is 0 Å². The van der Waals surface area contributed by atoms with Crippen LogP contribution in [0, 0.1) is 6.92 Å². The maximum Gasteiger partial charge on any atom is 0.203 e. The Labute approximate surface area is 133 Å². The van der Waals surface area contributed by atoms with Crippen LogP contribution in [0.5, 0.6) is 28.7 Å². The van der Waals surface area contributed by atoms with Crippen molar-refractivity contribution < 1.29 is 24.4 Å². The van der Waals surface area contributed by atoms with Crippen LogP contribution in [0.1, 0.15) is 5.56 Å². The van der Waals surface area contributed by atoms with Gasteiger partial charge in [0.15, 0.2) is 11.5 Å². The highest BCUT2D eigenvalue weighted by Gasteiger charge is 2.13. The molecule has 0 aromatic heterocycles. The highest BCUT2D eigenvalue weighted by molar-refractivity contribution is 5.62. The number of ether oxygens (including phenoxy) is 3. The maximum absolute atomic E-state index is 9.96. The standard InChI is InChI=1S/C16H18N2O5/c1-9-12(19)6-5-11(15(9)20)18-17-10-7-13(21-2)16(23-4)14(8-10)22-3/h5-8,19-20H,1-4H3. The van der Waals surface area contributed by atoms with Gasteiger partial charge in [0.2, 0.25) is 5.75 Å². The molecule has 2 aromatic rings. The zero-order valence-corrected chi connectivity index (χ0v) is 13.3. The van der Waals surface area contributed by atoms with E-state index < -0.39 is 0 Å². The molecule has 0 saturated heterocycles. The van der Waals surface area contributed by atoms with Crippen LogP contribution in [0.3, 0.4) is 0 Å². The molecule has 0 bridgehead atoms. The lowest BCUT2D eigenvalue weighted by molar-refractivity contribution is 0.324. The van der Waals surface area contributed by atoms with E-state index in [0.29, 0.717) is 28.5 Å². The number of azo groups is 1. The van der Waals surface area contributed by atoms with Crippen molar-refractivity contribution in [2.45, 2.75) is 6.92 Å². The molecule has 0 saturated carbocycles. The summed E-state index contributed by atoms with van der Waals surface area (Å²) in [6, 6.07) is 6.18. The Morgan fingerprint density at radius 2 is 1.48 bits per heavy atom. The number of phenols is 2. The molecule has 0 unspecified atom stereocenters. The molecule has 0 fully saturated rings. The molecule has 0 aliphatic carbocycles. The van der Waals surface area contributed by atoms with Gasteiger partial charge < -0.3 is 24.4 Å². The first kappa shape index (κ1) is 16.4. The predicted molar refractivity (Wildman–Crippen MR) is 84.8 cm³/mol. The van der Waals surface area contributed by atoms with Gasteiger partial charge in [0.05, 0.1) is 27.0 Å². The molecule has 122 valence electrons. The van der Waals surface area contributed by atoms with Crippen molar-refractivity contribution in [3.63, 3.8) is 0 Å². The van der Waals surface area contributed by atoms with E-state index in [0.717, 1.165) is 0 Å². The first-order valence-electron chi connectivity index (χ1n) is 6.75. The largest absolute Gasteiger partial charge is 0.508 e. The molecule has 2 N–H and O–H groups in total. The lowest BCUT2D eigenvalue weighted by atomic mass is 10.2. The number of methoxy groups -OCH3 is 3. The van der Waals surface area contributed by atoms with Crippen molar-refractivity contribution in [2.75, 3.05) is 21.3 Å². The lowest BCUT2D eigenvalue weighted by Crippen LogP contribution is -1.94. The van der Waals surface area contributed by atoms with Crippen LogP contribution in [0.4, 0.5) is 11.4 Å². The topological polar surface area (TPSA) is 92.9 Å². The second-order valence-corrected chi connectivity index (χ2v) is 4.66. The van der Waals surface area contributed by atoms with Gasteiger partial charge in [0.1, 0.15) is 17.2 Å². The average molecular weight is 318 g/mol. The highest BCUT2D eigenvalue weighted by atomic mass is 16.5. The van der Waals surface area contributed by atoms with E-state index in [2.05, 4.69) is 10.2 Å². The van der Waals surface area contributed by atoms with Crippen LogP contribution in [0.25, 0.3) is 0 Å². The fraction of sp³-hybridized carbons (Fsp3) is 0.250. The van der Waals surface area contributed by atoms with Gasteiger partial charge in [0.25, 0.3) is 0 Å². The summed E-state index contributed by atoms with van der Waals surface area (Å²) in [6.45, 7) is 1.59. The molecule has 2 aromatic carbocycles. The van der Waals surface area contributed by atoms with Gasteiger partial charge in [-0.15, -0.1) is 5.11 Å². The Hall–Kier alpha value is -2.96. The molecule has 0 amide bonds. The second kappa shape index (κ2) is 6.87. The van der Waals surface area contributed by atoms with Crippen LogP contribution >= 0.6 is 0 Å². The molecule has 0 radical (unpaired) electrons. The fourth-order valence-electron chi connectivity index (χ4n) is 1.99. The summed E-state index contributed by atoms with van der Waals surface area (Å²) in [5, 5.41) is 27.5. The number of rotatable bonds is 5. The Morgan fingerprint density at radius 1 is 0.870 bits per heavy atom. The van der Waals surface area contributed by atoms with E-state index in [4.69, 9.17) is 14.2 Å². The number of hydrogen-bond acceptors (Lipinski definition) is 7. The van der Waals surface area contributed by atoms with Crippen LogP contribution in [-0.4, -0.2) is 31.5 Å². The summed E-state index contributed by atoms with van der Waals surface area (Å²) in [5.74, 6) is 1.23. The zero-order valence-electron chi connectivity index (χ0n) is 13.3. The van der Waals surface area contributed by atoms with E-state index >= 15 is 0 Å². The fourth-order valence-corrected chi connectivity index (χ4v) is 1.99. The highest BCUT2D eigenvalue weighted by Crippen LogP contribution is 2.42. The molecule has 0 atom stereocenters. The second-order valence-electron chi connectivity index (χ2n) is 4.66. The van der Waals surface area contributed by atoms with Gasteiger partial charge in [-0.1, -0.05) is 0 Å². The van der Waals surface area contributed by atoms with E-state index in [1.807, 2.05) is 0 Å². The third-order valence-corrected chi connectivity index (χ3v) is 3.30. The van der Waals surface area contributed by atoms with Crippen LogP contribution in [0.2, 0.25) is 0 Å². The van der Waals surface area contributed by atoms with Crippen LogP contribution < -0.4 is 14.2 Å². The summed E-state index contributed by atoms with van der Waals surface area (Å²) in [6.07, 6.45) is 0. The number of phenolic OH excluding ortho intramolecular Hbond substituents is 2. The first-order valence-corrected chi connectivity index (χ1v) is 6.75. The molecule has 0 aliphatic rings. The molecule has 0 spiro atoms. The molecule has 0 aliphatic heterocycles. The number of aromatic hydroxyl groups is 2. The van der Waals surface area contributed by atoms with E-state index in [1.54, 1.807) is 19.1 Å². The number of hydrogen-bond donors (Lipinski definition) is 2. The number of nitrogens with zero attached hydrogens (tertiary/aromatic N) is 2. The molecule has 2 rings (SSSR count). The van der Waals surface area contributed by atoms with Crippen molar-refractivity contribution in [3.8, 4) is 28.7 Å². The lowest BCUT2D eigenvalue weighted by Gasteiger charge is -2.12. The summed E-state index contributed by atoms with van der Waals surface area (Å²) in [7, 11) is 4.53. The Balaban J connectivity index is 2.42. The Morgan fingerprint density at radius 3 is 2.00 bits per heavy atom. The van der Waals surface area contributed by atoms with Crippen molar-refractivity contribution >= 4 is 11.4 Å². The van der Waals surface area contributed by atoms with Crippen LogP contribution in [-0.2, 0) is 0 Å². The first-order chi connectivity index (χ1) is 11.0. The van der Waals surface area contributed by atoms with E-state index in [-0.39, 0.29) is 17.2 Å². The van der Waals surface area contributed by atoms with Gasteiger partial charge in [-0.2, -0.15) is 5.11 Å². The SMILES string of the molecule is COc1cc(N=Nc2ccc(O)c(C)c2O)cc(OC)c1OC. The van der Waals surface area contributed by atoms with Crippen LogP contribution in [0.15, 0.2) is 34.5 Å². The molecular weight excluding hydrogens is 300 g/mol. The smallest absolute Gasteiger partial charge is 0.203 e. The minimum absolute atomic E-state index is 0.00534. The minimum atomic E-state index is -0.124. The predicted octanol–water partition coefficient (Wildman–Crippen LogP) is 3.85. The van der Waals surface area contributed by atoms with Gasteiger partial charge in [-0.05, 0) is 19.1 Å². The summed E-state index contributed by atoms with van der Waals surface area (Å²) in [5.41, 5.74) is 1.05. The third-order valence-electron chi connectivity index (χ3n) is 3.30. The molecule has 23 heavy (non-hydrogen) atoms. The average Bonchev–Trinajstić information content (AvgIpc) is 2.57. The monoisotopic (exact) mass is 318 g/mol. The third kappa shape index (κ3) is 3.28. The summed E-state index contributed by atoms with van der Waals surface area (Å²) >= 11 is 0. The molecular formula is C16H18N2O5. The zero-order chi connectivity index (χ0) is 17.0. The van der Waals surface area contributed by atoms with Crippen molar-refractivity contribution in [3.05, 3.63) is 29.8 Å². The maximum atomic E-state index is 9.96. The minimum Gasteiger partial charge on any atom is -0.508 e. The molecule has 7 nitrogen and oxygen atoms in total. The molecule has 0 heterocycles. The molecule has 7 heteroatoms. The van der Waals surface area contributed by atoms with Crippen molar-refractivity contribution in [1.82, 2.24) is 0 Å².